The third-order valence-electron chi connectivity index (χ3n) is 13.9. The van der Waals surface area contributed by atoms with Crippen LogP contribution in [0.15, 0.2) is 237 Å². The van der Waals surface area contributed by atoms with Crippen molar-refractivity contribution in [3.05, 3.63) is 259 Å². The largest absolute Gasteiger partial charge is 0.457 e. The molecule has 0 unspecified atom stereocenters. The highest BCUT2D eigenvalue weighted by molar-refractivity contribution is 6.15. The number of para-hydroxylation sites is 6. The maximum Gasteiger partial charge on any atom is 0.132 e. The van der Waals surface area contributed by atoms with E-state index in [0.29, 0.717) is 0 Å². The molecule has 0 aliphatic carbocycles. The van der Waals surface area contributed by atoms with E-state index in [9.17, 15) is 0 Å². The first-order valence-electron chi connectivity index (χ1n) is 22.3. The fourth-order valence-electron chi connectivity index (χ4n) is 11.2. The van der Waals surface area contributed by atoms with Crippen LogP contribution in [-0.2, 0) is 5.41 Å². The van der Waals surface area contributed by atoms with E-state index >= 15 is 0 Å². The molecule has 12 aromatic rings. The van der Waals surface area contributed by atoms with Crippen LogP contribution in [0, 0.1) is 0 Å². The molecule has 2 aliphatic rings. The van der Waals surface area contributed by atoms with Crippen LogP contribution in [-0.4, -0.2) is 9.13 Å². The highest BCUT2D eigenvalue weighted by Crippen LogP contribution is 2.64. The van der Waals surface area contributed by atoms with Crippen molar-refractivity contribution in [2.24, 2.45) is 0 Å². The minimum atomic E-state index is -0.797. The molecule has 0 saturated heterocycles. The summed E-state index contributed by atoms with van der Waals surface area (Å²) in [4.78, 5) is 2.54. The number of hydrogen-bond acceptors (Lipinski definition) is 2. The van der Waals surface area contributed by atoms with E-state index in [1.54, 1.807) is 0 Å². The number of benzene rings is 10. The van der Waals surface area contributed by atoms with Gasteiger partial charge in [0.1, 0.15) is 11.5 Å². The van der Waals surface area contributed by atoms with Crippen molar-refractivity contribution in [3.63, 3.8) is 0 Å². The molecule has 0 fully saturated rings. The molecule has 1 spiro atoms. The van der Waals surface area contributed by atoms with Crippen LogP contribution < -0.4 is 9.64 Å². The van der Waals surface area contributed by atoms with Gasteiger partial charge in [0.2, 0.25) is 0 Å². The number of nitrogens with zero attached hydrogens (tertiary/aromatic N) is 3. The molecule has 4 heterocycles. The van der Waals surface area contributed by atoms with E-state index in [1.807, 2.05) is 0 Å². The molecular weight excluding hydrogens is 791 g/mol. The zero-order valence-electron chi connectivity index (χ0n) is 35.3. The van der Waals surface area contributed by atoms with Crippen LogP contribution in [0.4, 0.5) is 17.1 Å². The van der Waals surface area contributed by atoms with Gasteiger partial charge in [0.15, 0.2) is 0 Å². The van der Waals surface area contributed by atoms with Crippen molar-refractivity contribution in [1.82, 2.24) is 9.13 Å². The van der Waals surface area contributed by atoms with E-state index in [2.05, 4.69) is 251 Å². The summed E-state index contributed by atoms with van der Waals surface area (Å²) in [6.07, 6.45) is 0. The van der Waals surface area contributed by atoms with Crippen LogP contribution in [0.25, 0.3) is 66.1 Å². The van der Waals surface area contributed by atoms with Crippen molar-refractivity contribution >= 4 is 60.7 Å². The van der Waals surface area contributed by atoms with E-state index in [4.69, 9.17) is 4.74 Å². The second kappa shape index (κ2) is 13.7. The molecule has 4 nitrogen and oxygen atoms in total. The topological polar surface area (TPSA) is 22.3 Å². The van der Waals surface area contributed by atoms with Crippen LogP contribution in [0.2, 0.25) is 0 Å². The van der Waals surface area contributed by atoms with Gasteiger partial charge in [0, 0.05) is 49.7 Å². The summed E-state index contributed by atoms with van der Waals surface area (Å²) < 4.78 is 11.8. The predicted octanol–water partition coefficient (Wildman–Crippen LogP) is 15.8. The smallest absolute Gasteiger partial charge is 0.132 e. The summed E-state index contributed by atoms with van der Waals surface area (Å²) in [7, 11) is 0. The van der Waals surface area contributed by atoms with Crippen LogP contribution >= 0.6 is 0 Å². The van der Waals surface area contributed by atoms with Crippen LogP contribution in [0.1, 0.15) is 22.3 Å². The van der Waals surface area contributed by atoms with Crippen molar-refractivity contribution in [3.8, 4) is 34.0 Å². The Labute approximate surface area is 376 Å². The summed E-state index contributed by atoms with van der Waals surface area (Å²) in [5, 5.41) is 4.82. The summed E-state index contributed by atoms with van der Waals surface area (Å²) in [5.74, 6) is 1.72. The number of rotatable bonds is 4. The van der Waals surface area contributed by atoms with Gasteiger partial charge in [-0.25, -0.2) is 0 Å². The second-order valence-electron chi connectivity index (χ2n) is 17.2. The molecule has 0 atom stereocenters. The second-order valence-corrected chi connectivity index (χ2v) is 17.2. The Kier molecular flexibility index (Phi) is 7.57. The normalized spacial score (nSPS) is 13.4. The minimum Gasteiger partial charge on any atom is -0.457 e. The maximum absolute atomic E-state index is 6.93. The molecule has 10 aromatic carbocycles. The summed E-state index contributed by atoms with van der Waals surface area (Å²) in [6.45, 7) is 0. The number of anilines is 3. The third kappa shape index (κ3) is 5.02. The van der Waals surface area contributed by atoms with Gasteiger partial charge < -0.3 is 18.8 Å². The Morgan fingerprint density at radius 1 is 0.292 bits per heavy atom. The first kappa shape index (κ1) is 35.9. The van der Waals surface area contributed by atoms with Crippen molar-refractivity contribution in [2.75, 3.05) is 4.90 Å². The van der Waals surface area contributed by atoms with Crippen molar-refractivity contribution in [1.29, 1.82) is 0 Å². The van der Waals surface area contributed by atoms with Gasteiger partial charge in [-0.1, -0.05) is 152 Å². The molecule has 0 radical (unpaired) electrons. The first-order chi connectivity index (χ1) is 32.3. The Bertz CT molecular complexity index is 3640. The van der Waals surface area contributed by atoms with Gasteiger partial charge in [0.05, 0.1) is 38.9 Å². The summed E-state index contributed by atoms with van der Waals surface area (Å²) >= 11 is 0. The van der Waals surface area contributed by atoms with E-state index < -0.39 is 5.41 Å². The highest BCUT2D eigenvalue weighted by atomic mass is 16.5. The lowest BCUT2D eigenvalue weighted by atomic mass is 9.61. The van der Waals surface area contributed by atoms with Gasteiger partial charge in [-0.15, -0.1) is 0 Å². The lowest BCUT2D eigenvalue weighted by molar-refractivity contribution is 0.434. The van der Waals surface area contributed by atoms with E-state index in [0.717, 1.165) is 62.1 Å². The van der Waals surface area contributed by atoms with E-state index in [1.165, 1.54) is 54.8 Å². The molecule has 0 amide bonds. The van der Waals surface area contributed by atoms with Crippen LogP contribution in [0.5, 0.6) is 11.5 Å². The van der Waals surface area contributed by atoms with Gasteiger partial charge in [-0.05, 0) is 107 Å². The Morgan fingerprint density at radius 3 is 1.22 bits per heavy atom. The third-order valence-corrected chi connectivity index (χ3v) is 13.9. The molecule has 0 saturated carbocycles. The fourth-order valence-corrected chi connectivity index (χ4v) is 11.2. The zero-order valence-corrected chi connectivity index (χ0v) is 35.3. The SMILES string of the molecule is c1ccc(-c2ccc(N3c4cc5c6ccccc6n(-c6ccccc6)c5cc4C4(c5ccccc5Oc5ccccc54)c4cc5c(cc43)c3ccccc3n5-c3ccccc3)cc2)cc1. The molecular formula is C61H39N3O. The lowest BCUT2D eigenvalue weighted by Crippen LogP contribution is -2.39. The number of aromatic nitrogens is 2. The average Bonchev–Trinajstić information content (AvgIpc) is 3.88. The summed E-state index contributed by atoms with van der Waals surface area (Å²) in [5.41, 5.74) is 16.4. The molecule has 2 aromatic heterocycles. The van der Waals surface area contributed by atoms with Crippen molar-refractivity contribution in [2.45, 2.75) is 5.41 Å². The van der Waals surface area contributed by atoms with Crippen molar-refractivity contribution < 1.29 is 4.74 Å². The molecule has 4 heteroatoms. The predicted molar refractivity (Wildman–Crippen MR) is 267 cm³/mol. The van der Waals surface area contributed by atoms with Gasteiger partial charge in [0.25, 0.3) is 0 Å². The Morgan fingerprint density at radius 2 is 0.708 bits per heavy atom. The Balaban J connectivity index is 1.19. The zero-order chi connectivity index (χ0) is 42.6. The lowest BCUT2D eigenvalue weighted by Gasteiger charge is -2.48. The van der Waals surface area contributed by atoms with Crippen LogP contribution in [0.3, 0.4) is 0 Å². The summed E-state index contributed by atoms with van der Waals surface area (Å²) in [6, 6.07) is 86.4. The molecule has 14 rings (SSSR count). The van der Waals surface area contributed by atoms with E-state index in [-0.39, 0.29) is 0 Å². The number of fused-ring (bicyclic) bond motifs is 14. The molecule has 0 bridgehead atoms. The number of hydrogen-bond donors (Lipinski definition) is 0. The molecule has 2 aliphatic heterocycles. The number of ether oxygens (including phenoxy) is 1. The monoisotopic (exact) mass is 829 g/mol. The minimum absolute atomic E-state index is 0.797. The molecule has 304 valence electrons. The Hall–Kier alpha value is -8.60. The highest BCUT2D eigenvalue weighted by Gasteiger charge is 2.52. The van der Waals surface area contributed by atoms with Gasteiger partial charge >= 0.3 is 0 Å². The molecule has 65 heavy (non-hydrogen) atoms. The maximum atomic E-state index is 6.93. The van der Waals surface area contributed by atoms with Gasteiger partial charge in [-0.2, -0.15) is 0 Å². The molecule has 0 N–H and O–H groups in total. The average molecular weight is 830 g/mol. The fraction of sp³-hybridized carbons (Fsp3) is 0.0164. The first-order valence-corrected chi connectivity index (χ1v) is 22.3. The van der Waals surface area contributed by atoms with Gasteiger partial charge in [-0.3, -0.25) is 0 Å². The quantitative estimate of drug-likeness (QED) is 0.176. The standard InChI is InChI=1S/C61H39N3O/c1-4-18-40(19-5-1)41-32-34-44(35-33-41)64-57-36-47-45-24-10-14-28-53(45)62(42-20-6-2-7-21-42)55(47)38-51(57)61(49-26-12-16-30-59(49)65-60-31-17-13-27-50(60)61)52-39-56-48(37-58(52)64)46-25-11-15-29-54(46)63(56)43-22-8-3-9-23-43/h1-39H.